The van der Waals surface area contributed by atoms with Gasteiger partial charge in [-0.3, -0.25) is 4.79 Å². The molecule has 0 bridgehead atoms. The maximum absolute atomic E-state index is 12.6. The van der Waals surface area contributed by atoms with Crippen molar-refractivity contribution in [1.29, 1.82) is 0 Å². The van der Waals surface area contributed by atoms with E-state index in [2.05, 4.69) is 15.0 Å². The van der Waals surface area contributed by atoms with E-state index in [0.29, 0.717) is 23.1 Å². The predicted octanol–water partition coefficient (Wildman–Crippen LogP) is 2.93. The van der Waals surface area contributed by atoms with Crippen LogP contribution < -0.4 is 4.90 Å². The van der Waals surface area contributed by atoms with Crippen LogP contribution in [0, 0.1) is 0 Å². The number of imidazole rings is 1. The summed E-state index contributed by atoms with van der Waals surface area (Å²) >= 11 is 12.2. The topological polar surface area (TPSA) is 53.7 Å². The van der Waals surface area contributed by atoms with Crippen molar-refractivity contribution in [2.75, 3.05) is 31.1 Å². The Morgan fingerprint density at radius 1 is 1.08 bits per heavy atom. The highest BCUT2D eigenvalue weighted by atomic mass is 35.5. The van der Waals surface area contributed by atoms with Crippen LogP contribution in [0.25, 0.3) is 5.65 Å². The van der Waals surface area contributed by atoms with Gasteiger partial charge < -0.3 is 9.80 Å². The fraction of sp³-hybridized carbons (Fsp3) is 0.278. The molecular weight excluding hydrogens is 373 g/mol. The van der Waals surface area contributed by atoms with E-state index in [0.717, 1.165) is 30.1 Å². The minimum absolute atomic E-state index is 0.0619. The van der Waals surface area contributed by atoms with Crippen molar-refractivity contribution in [2.24, 2.45) is 0 Å². The van der Waals surface area contributed by atoms with Crippen molar-refractivity contribution >= 4 is 40.6 Å². The second-order valence-corrected chi connectivity index (χ2v) is 7.05. The number of halogens is 2. The number of aromatic nitrogens is 3. The number of hydrogen-bond donors (Lipinski definition) is 0. The Labute approximate surface area is 160 Å². The highest BCUT2D eigenvalue weighted by Crippen LogP contribution is 2.22. The van der Waals surface area contributed by atoms with E-state index in [4.69, 9.17) is 23.2 Å². The van der Waals surface area contributed by atoms with Crippen molar-refractivity contribution in [2.45, 2.75) is 6.42 Å². The first kappa shape index (κ1) is 17.1. The Kier molecular flexibility index (Phi) is 4.70. The molecule has 0 spiro atoms. The summed E-state index contributed by atoms with van der Waals surface area (Å²) in [5.41, 5.74) is 1.58. The van der Waals surface area contributed by atoms with Gasteiger partial charge in [-0.05, 0) is 35.9 Å². The summed E-state index contributed by atoms with van der Waals surface area (Å²) in [6, 6.07) is 9.11. The van der Waals surface area contributed by atoms with Gasteiger partial charge in [0.15, 0.2) is 5.65 Å². The molecule has 2 aromatic heterocycles. The van der Waals surface area contributed by atoms with E-state index in [-0.39, 0.29) is 12.3 Å². The first-order chi connectivity index (χ1) is 12.6. The van der Waals surface area contributed by atoms with Crippen LogP contribution in [0.1, 0.15) is 5.56 Å². The number of carbonyl (C=O) groups is 1. The Morgan fingerprint density at radius 2 is 1.88 bits per heavy atom. The number of nitrogens with zero attached hydrogens (tertiary/aromatic N) is 5. The number of carbonyl (C=O) groups excluding carboxylic acids is 1. The summed E-state index contributed by atoms with van der Waals surface area (Å²) in [6.45, 7) is 2.78. The molecule has 0 atom stereocenters. The summed E-state index contributed by atoms with van der Waals surface area (Å²) in [5.74, 6) is 0.951. The van der Waals surface area contributed by atoms with E-state index in [1.54, 1.807) is 28.9 Å². The molecule has 1 aromatic carbocycles. The van der Waals surface area contributed by atoms with Gasteiger partial charge in [0.25, 0.3) is 0 Å². The third-order valence-electron chi connectivity index (χ3n) is 4.55. The normalized spacial score (nSPS) is 14.8. The zero-order chi connectivity index (χ0) is 18.1. The molecule has 6 nitrogen and oxygen atoms in total. The van der Waals surface area contributed by atoms with Crippen LogP contribution in [0.15, 0.2) is 42.7 Å². The van der Waals surface area contributed by atoms with E-state index in [1.165, 1.54) is 0 Å². The van der Waals surface area contributed by atoms with Crippen LogP contribution in [0.5, 0.6) is 0 Å². The fourth-order valence-corrected chi connectivity index (χ4v) is 3.49. The van der Waals surface area contributed by atoms with Crippen LogP contribution >= 0.6 is 23.2 Å². The first-order valence-corrected chi connectivity index (χ1v) is 9.13. The molecule has 1 fully saturated rings. The average molecular weight is 390 g/mol. The predicted molar refractivity (Wildman–Crippen MR) is 102 cm³/mol. The lowest BCUT2D eigenvalue weighted by Crippen LogP contribution is -2.49. The monoisotopic (exact) mass is 389 g/mol. The van der Waals surface area contributed by atoms with Gasteiger partial charge in [-0.15, -0.1) is 5.10 Å². The molecule has 1 aliphatic rings. The zero-order valence-corrected chi connectivity index (χ0v) is 15.5. The molecule has 1 amide bonds. The van der Waals surface area contributed by atoms with Crippen LogP contribution in [0.3, 0.4) is 0 Å². The lowest BCUT2D eigenvalue weighted by atomic mass is 10.1. The number of amides is 1. The van der Waals surface area contributed by atoms with E-state index >= 15 is 0 Å². The molecule has 0 saturated carbocycles. The molecule has 4 rings (SSSR count). The molecule has 0 aliphatic carbocycles. The summed E-state index contributed by atoms with van der Waals surface area (Å²) in [4.78, 5) is 20.8. The zero-order valence-electron chi connectivity index (χ0n) is 14.0. The fourth-order valence-electron chi connectivity index (χ4n) is 3.11. The minimum Gasteiger partial charge on any atom is -0.352 e. The lowest BCUT2D eigenvalue weighted by Gasteiger charge is -2.35. The molecule has 0 unspecified atom stereocenters. The Balaban J connectivity index is 1.39. The number of piperazine rings is 1. The summed E-state index contributed by atoms with van der Waals surface area (Å²) < 4.78 is 1.76. The third-order valence-corrected chi connectivity index (χ3v) is 5.15. The van der Waals surface area contributed by atoms with Crippen LogP contribution in [-0.4, -0.2) is 51.6 Å². The number of anilines is 1. The molecule has 8 heteroatoms. The smallest absolute Gasteiger partial charge is 0.227 e. The van der Waals surface area contributed by atoms with Crippen molar-refractivity contribution < 1.29 is 4.79 Å². The summed E-state index contributed by atoms with van der Waals surface area (Å²) in [7, 11) is 0. The number of hydrogen-bond acceptors (Lipinski definition) is 4. The van der Waals surface area contributed by atoms with Gasteiger partial charge in [0.05, 0.1) is 6.42 Å². The molecule has 134 valence electrons. The quantitative estimate of drug-likeness (QED) is 0.690. The van der Waals surface area contributed by atoms with Crippen molar-refractivity contribution in [3.05, 3.63) is 58.3 Å². The van der Waals surface area contributed by atoms with Gasteiger partial charge in [-0.2, -0.15) is 0 Å². The van der Waals surface area contributed by atoms with Crippen molar-refractivity contribution in [3.63, 3.8) is 0 Å². The van der Waals surface area contributed by atoms with Gasteiger partial charge in [-0.25, -0.2) is 9.50 Å². The first-order valence-electron chi connectivity index (χ1n) is 8.37. The second-order valence-electron chi connectivity index (χ2n) is 6.20. The maximum atomic E-state index is 12.6. The van der Waals surface area contributed by atoms with Gasteiger partial charge in [0.1, 0.15) is 5.82 Å². The summed E-state index contributed by atoms with van der Waals surface area (Å²) in [5, 5.41) is 5.72. The number of benzene rings is 1. The largest absolute Gasteiger partial charge is 0.352 e. The molecule has 3 heterocycles. The van der Waals surface area contributed by atoms with Gasteiger partial charge in [0, 0.05) is 48.6 Å². The highest BCUT2D eigenvalue weighted by Gasteiger charge is 2.23. The Morgan fingerprint density at radius 3 is 2.69 bits per heavy atom. The van der Waals surface area contributed by atoms with Crippen LogP contribution in [0.2, 0.25) is 10.0 Å². The van der Waals surface area contributed by atoms with E-state index in [1.807, 2.05) is 23.2 Å². The molecule has 3 aromatic rings. The lowest BCUT2D eigenvalue weighted by molar-refractivity contribution is -0.130. The molecule has 26 heavy (non-hydrogen) atoms. The van der Waals surface area contributed by atoms with Gasteiger partial charge in [-0.1, -0.05) is 23.2 Å². The Hall–Kier alpha value is -2.31. The SMILES string of the molecule is O=C(Cc1cc(Cl)ccc1Cl)N1CCN(c2ccc3nccn3n2)CC1. The highest BCUT2D eigenvalue weighted by molar-refractivity contribution is 6.33. The van der Waals surface area contributed by atoms with Gasteiger partial charge >= 0.3 is 0 Å². The van der Waals surface area contributed by atoms with Crippen molar-refractivity contribution in [1.82, 2.24) is 19.5 Å². The van der Waals surface area contributed by atoms with E-state index in [9.17, 15) is 4.79 Å². The average Bonchev–Trinajstić information content (AvgIpc) is 3.12. The number of rotatable bonds is 3. The molecule has 1 saturated heterocycles. The van der Waals surface area contributed by atoms with E-state index < -0.39 is 0 Å². The maximum Gasteiger partial charge on any atom is 0.227 e. The Bertz CT molecular complexity index is 950. The van der Waals surface area contributed by atoms with Crippen LogP contribution in [0.4, 0.5) is 5.82 Å². The third kappa shape index (κ3) is 3.48. The molecule has 0 radical (unpaired) electrons. The molecular formula is C18H17Cl2N5O. The summed E-state index contributed by atoms with van der Waals surface area (Å²) in [6.07, 6.45) is 3.82. The van der Waals surface area contributed by atoms with Crippen molar-refractivity contribution in [3.8, 4) is 0 Å². The molecule has 0 N–H and O–H groups in total. The standard InChI is InChI=1S/C18H17Cl2N5O/c19-14-1-2-15(20)13(11-14)12-18(26)24-9-7-23(8-10-24)17-4-3-16-21-5-6-25(16)22-17/h1-6,11H,7-10,12H2. The number of fused-ring (bicyclic) bond motifs is 1. The van der Waals surface area contributed by atoms with Gasteiger partial charge in [0.2, 0.25) is 5.91 Å². The minimum atomic E-state index is 0.0619. The second kappa shape index (κ2) is 7.13. The van der Waals surface area contributed by atoms with Crippen LogP contribution in [-0.2, 0) is 11.2 Å². The molecule has 1 aliphatic heterocycles.